The Morgan fingerprint density at radius 2 is 1.76 bits per heavy atom. The molecular weight excluding hydrogens is 582 g/mol. The Labute approximate surface area is 258 Å². The first kappa shape index (κ1) is 30.3. The summed E-state index contributed by atoms with van der Waals surface area (Å²) in [6.45, 7) is 2.46. The first-order chi connectivity index (χ1) is 21.7. The number of ether oxygens (including phenoxy) is 2. The van der Waals surface area contributed by atoms with E-state index in [1.54, 1.807) is 24.3 Å². The Bertz CT molecular complexity index is 1790. The zero-order valence-corrected chi connectivity index (χ0v) is 24.4. The summed E-state index contributed by atoms with van der Waals surface area (Å²) in [6, 6.07) is 20.6. The molecule has 1 saturated heterocycles. The number of hydrogen-bond donors (Lipinski definition) is 3. The van der Waals surface area contributed by atoms with Gasteiger partial charge in [-0.05, 0) is 71.6 Å². The van der Waals surface area contributed by atoms with Crippen LogP contribution >= 0.6 is 0 Å². The molecule has 3 N–H and O–H groups in total. The molecule has 1 aliphatic rings. The summed E-state index contributed by atoms with van der Waals surface area (Å²) in [4.78, 5) is 16.7. The maximum atomic E-state index is 14.9. The van der Waals surface area contributed by atoms with Gasteiger partial charge in [0.1, 0.15) is 35.6 Å². The number of halogens is 2. The third kappa shape index (κ3) is 6.70. The highest BCUT2D eigenvalue weighted by Gasteiger charge is 2.40. The van der Waals surface area contributed by atoms with Crippen LogP contribution in [-0.2, 0) is 21.6 Å². The molecule has 0 radical (unpaired) electrons. The fourth-order valence-electron chi connectivity index (χ4n) is 5.78. The van der Waals surface area contributed by atoms with Gasteiger partial charge in [-0.3, -0.25) is 4.79 Å². The van der Waals surface area contributed by atoms with Crippen LogP contribution in [0.1, 0.15) is 41.1 Å². The van der Waals surface area contributed by atoms with E-state index in [2.05, 4.69) is 15.4 Å². The van der Waals surface area contributed by atoms with Crippen LogP contribution in [0.3, 0.4) is 0 Å². The number of hydrogen-bond acceptors (Lipinski definition) is 7. The summed E-state index contributed by atoms with van der Waals surface area (Å²) in [5, 5.41) is 30.0. The number of nitrogens with one attached hydrogen (secondary N) is 1. The lowest BCUT2D eigenvalue weighted by atomic mass is 9.77. The van der Waals surface area contributed by atoms with Crippen LogP contribution in [0, 0.1) is 23.5 Å². The molecule has 1 aliphatic heterocycles. The third-order valence-corrected chi connectivity index (χ3v) is 8.26. The number of phenolic OH excluding ortho intramolecular Hbond substituents is 1. The van der Waals surface area contributed by atoms with Crippen LogP contribution in [0.4, 0.5) is 14.5 Å². The molecule has 0 spiro atoms. The number of carbonyl (C=O) groups excluding carboxylic acids is 1. The maximum Gasteiger partial charge on any atom is 0.255 e. The molecule has 2 unspecified atom stereocenters. The van der Waals surface area contributed by atoms with Crippen molar-refractivity contribution in [1.29, 1.82) is 0 Å². The number of phenols is 1. The number of aromatic nitrogens is 3. The molecule has 2 heterocycles. The van der Waals surface area contributed by atoms with Crippen molar-refractivity contribution < 1.29 is 33.3 Å². The number of carbonyl (C=O) groups is 1. The highest BCUT2D eigenvalue weighted by Crippen LogP contribution is 2.39. The summed E-state index contributed by atoms with van der Waals surface area (Å²) in [5.74, 6) is -2.26. The van der Waals surface area contributed by atoms with Gasteiger partial charge in [0.05, 0.1) is 19.8 Å². The molecule has 0 aliphatic carbocycles. The second-order valence-corrected chi connectivity index (χ2v) is 11.5. The smallest absolute Gasteiger partial charge is 0.255 e. The molecule has 11 heteroatoms. The fraction of sp³-hybridized carbons (Fsp3) is 0.265. The van der Waals surface area contributed by atoms with Gasteiger partial charge in [-0.15, -0.1) is 0 Å². The Morgan fingerprint density at radius 3 is 2.47 bits per heavy atom. The number of rotatable bonds is 9. The minimum Gasteiger partial charge on any atom is -0.508 e. The van der Waals surface area contributed by atoms with Gasteiger partial charge in [0.2, 0.25) is 0 Å². The molecular formula is C34H32F2N4O5. The predicted octanol–water partition coefficient (Wildman–Crippen LogP) is 5.94. The van der Waals surface area contributed by atoms with Gasteiger partial charge in [-0.2, -0.15) is 5.10 Å². The molecule has 0 saturated carbocycles. The van der Waals surface area contributed by atoms with Crippen LogP contribution in [0.25, 0.3) is 10.8 Å². The summed E-state index contributed by atoms with van der Waals surface area (Å²) in [5.41, 5.74) is 0.191. The topological polar surface area (TPSA) is 119 Å². The summed E-state index contributed by atoms with van der Waals surface area (Å²) in [7, 11) is 0. The monoisotopic (exact) mass is 614 g/mol. The van der Waals surface area contributed by atoms with Crippen molar-refractivity contribution in [3.05, 3.63) is 120 Å². The van der Waals surface area contributed by atoms with Crippen molar-refractivity contribution in [2.24, 2.45) is 11.8 Å². The van der Waals surface area contributed by atoms with Crippen LogP contribution < -0.4 is 5.32 Å². The lowest BCUT2D eigenvalue weighted by molar-refractivity contribution is -0.210. The van der Waals surface area contributed by atoms with Gasteiger partial charge < -0.3 is 25.0 Å². The zero-order valence-electron chi connectivity index (χ0n) is 24.4. The van der Waals surface area contributed by atoms with Crippen molar-refractivity contribution in [3.63, 3.8) is 0 Å². The Kier molecular flexibility index (Phi) is 8.57. The summed E-state index contributed by atoms with van der Waals surface area (Å²) >= 11 is 0. The molecule has 4 aromatic carbocycles. The molecule has 45 heavy (non-hydrogen) atoms. The molecule has 1 fully saturated rings. The minimum absolute atomic E-state index is 0.0143. The highest BCUT2D eigenvalue weighted by molar-refractivity contribution is 6.06. The van der Waals surface area contributed by atoms with E-state index < -0.39 is 29.4 Å². The SMILES string of the molecule is CC(CC1COC(c2ccc3cc(C(=O)Nc4ccc(O)cc4)ccc3c2)OC1)C(O)(Cn1cncn1)c1ccc(F)cc1F. The molecule has 0 bridgehead atoms. The van der Waals surface area contributed by atoms with E-state index in [0.717, 1.165) is 28.5 Å². The standard InChI is InChI=1S/C34H32F2N4O5/c1-21(34(43,18-40-20-37-19-38-40)30-11-6-27(35)15-31(30)36)12-22-16-44-33(45-17-22)26-5-3-23-13-25(4-2-24(23)14-26)32(42)39-28-7-9-29(41)10-8-28/h2-11,13-15,19-22,33,41,43H,12,16-18H2,1H3,(H,39,42). The van der Waals surface area contributed by atoms with Crippen LogP contribution in [0.15, 0.2) is 91.5 Å². The van der Waals surface area contributed by atoms with Crippen LogP contribution in [0.2, 0.25) is 0 Å². The number of anilines is 1. The normalized spacial score (nSPS) is 18.8. The van der Waals surface area contributed by atoms with E-state index in [4.69, 9.17) is 9.47 Å². The van der Waals surface area contributed by atoms with Gasteiger partial charge >= 0.3 is 0 Å². The zero-order chi connectivity index (χ0) is 31.6. The molecule has 6 rings (SSSR count). The summed E-state index contributed by atoms with van der Waals surface area (Å²) in [6.07, 6.45) is 2.62. The molecule has 232 valence electrons. The van der Waals surface area contributed by atoms with E-state index in [-0.39, 0.29) is 29.7 Å². The quantitative estimate of drug-likeness (QED) is 0.176. The lowest BCUT2D eigenvalue weighted by Crippen LogP contribution is -2.41. The van der Waals surface area contributed by atoms with Gasteiger partial charge in [0.15, 0.2) is 6.29 Å². The summed E-state index contributed by atoms with van der Waals surface area (Å²) < 4.78 is 42.2. The second kappa shape index (κ2) is 12.7. The van der Waals surface area contributed by atoms with Gasteiger partial charge in [0.25, 0.3) is 5.91 Å². The highest BCUT2D eigenvalue weighted by atomic mass is 19.1. The number of fused-ring (bicyclic) bond motifs is 1. The van der Waals surface area contributed by atoms with Crippen molar-refractivity contribution >= 4 is 22.4 Å². The van der Waals surface area contributed by atoms with Crippen molar-refractivity contribution in [1.82, 2.24) is 14.8 Å². The first-order valence-electron chi connectivity index (χ1n) is 14.6. The van der Waals surface area contributed by atoms with Crippen LogP contribution in [0.5, 0.6) is 5.75 Å². The van der Waals surface area contributed by atoms with Gasteiger partial charge in [-0.1, -0.05) is 31.2 Å². The number of nitrogens with zero attached hydrogens (tertiary/aromatic N) is 3. The Balaban J connectivity index is 1.10. The molecule has 9 nitrogen and oxygen atoms in total. The van der Waals surface area contributed by atoms with Crippen LogP contribution in [-0.4, -0.2) is 44.1 Å². The number of aromatic hydroxyl groups is 1. The maximum absolute atomic E-state index is 14.9. The van der Waals surface area contributed by atoms with Crippen molar-refractivity contribution in [3.8, 4) is 5.75 Å². The predicted molar refractivity (Wildman–Crippen MR) is 162 cm³/mol. The first-order valence-corrected chi connectivity index (χ1v) is 14.6. The largest absolute Gasteiger partial charge is 0.508 e. The number of amides is 1. The third-order valence-electron chi connectivity index (χ3n) is 8.26. The minimum atomic E-state index is -1.69. The molecule has 1 aromatic heterocycles. The van der Waals surface area contributed by atoms with E-state index >= 15 is 0 Å². The number of aliphatic hydroxyl groups is 1. The Hall–Kier alpha value is -4.71. The lowest BCUT2D eigenvalue weighted by Gasteiger charge is -2.38. The second-order valence-electron chi connectivity index (χ2n) is 11.5. The van der Waals surface area contributed by atoms with E-state index in [1.807, 2.05) is 31.2 Å². The van der Waals surface area contributed by atoms with Gasteiger partial charge in [0, 0.05) is 34.4 Å². The molecule has 2 atom stereocenters. The van der Waals surface area contributed by atoms with E-state index in [9.17, 15) is 23.8 Å². The molecule has 5 aromatic rings. The Morgan fingerprint density at radius 1 is 1.02 bits per heavy atom. The van der Waals surface area contributed by atoms with Gasteiger partial charge in [-0.25, -0.2) is 18.4 Å². The van der Waals surface area contributed by atoms with Crippen molar-refractivity contribution in [2.45, 2.75) is 31.8 Å². The van der Waals surface area contributed by atoms with Crippen molar-refractivity contribution in [2.75, 3.05) is 18.5 Å². The molecule has 1 amide bonds. The fourth-order valence-corrected chi connectivity index (χ4v) is 5.78. The van der Waals surface area contributed by atoms with E-state index in [1.165, 1.54) is 35.5 Å². The number of benzene rings is 4. The average molecular weight is 615 g/mol. The van der Waals surface area contributed by atoms with E-state index in [0.29, 0.717) is 30.9 Å². The average Bonchev–Trinajstić information content (AvgIpc) is 3.54.